The minimum absolute atomic E-state index is 0.412. The Morgan fingerprint density at radius 2 is 1.80 bits per heavy atom. The standard InChI is InChI=1S/C13H20BrNO4S/c1-17-4-5-18-6-7-19-8-9-20(16)13-3-2-11(14)10-12(13)15/h2-3,10H,4-9,15H2,1H3. The van der Waals surface area contributed by atoms with Gasteiger partial charge in [0.05, 0.1) is 54.5 Å². The van der Waals surface area contributed by atoms with E-state index in [0.717, 1.165) is 4.47 Å². The third-order valence-electron chi connectivity index (χ3n) is 2.43. The molecule has 7 heteroatoms. The van der Waals surface area contributed by atoms with E-state index >= 15 is 0 Å². The average molecular weight is 366 g/mol. The van der Waals surface area contributed by atoms with Gasteiger partial charge in [-0.2, -0.15) is 0 Å². The van der Waals surface area contributed by atoms with Crippen LogP contribution in [0, 0.1) is 0 Å². The second-order valence-electron chi connectivity index (χ2n) is 3.95. The van der Waals surface area contributed by atoms with Crippen molar-refractivity contribution in [1.82, 2.24) is 0 Å². The summed E-state index contributed by atoms with van der Waals surface area (Å²) in [6.45, 7) is 2.54. The Labute approximate surface area is 130 Å². The second-order valence-corrected chi connectivity index (χ2v) is 6.40. The highest BCUT2D eigenvalue weighted by Gasteiger charge is 2.08. The molecule has 0 aromatic heterocycles. The van der Waals surface area contributed by atoms with Gasteiger partial charge in [0.1, 0.15) is 0 Å². The molecule has 0 aliphatic rings. The molecule has 0 spiro atoms. The van der Waals surface area contributed by atoms with Crippen LogP contribution in [-0.4, -0.2) is 50.1 Å². The molecule has 20 heavy (non-hydrogen) atoms. The van der Waals surface area contributed by atoms with Crippen molar-refractivity contribution in [3.63, 3.8) is 0 Å². The number of ether oxygens (including phenoxy) is 3. The van der Waals surface area contributed by atoms with Crippen molar-refractivity contribution in [1.29, 1.82) is 0 Å². The summed E-state index contributed by atoms with van der Waals surface area (Å²) in [5.41, 5.74) is 6.35. The quantitative estimate of drug-likeness (QED) is 0.505. The van der Waals surface area contributed by atoms with Gasteiger partial charge in [-0.15, -0.1) is 0 Å². The lowest BCUT2D eigenvalue weighted by atomic mass is 10.3. The van der Waals surface area contributed by atoms with Crippen LogP contribution in [0.4, 0.5) is 5.69 Å². The van der Waals surface area contributed by atoms with Gasteiger partial charge < -0.3 is 19.9 Å². The maximum absolute atomic E-state index is 12.0. The predicted octanol–water partition coefficient (Wildman–Crippen LogP) is 1.82. The Balaban J connectivity index is 2.17. The molecule has 0 fully saturated rings. The van der Waals surface area contributed by atoms with Crippen molar-refractivity contribution in [3.8, 4) is 0 Å². The lowest BCUT2D eigenvalue weighted by Gasteiger charge is -2.07. The van der Waals surface area contributed by atoms with Crippen LogP contribution < -0.4 is 5.73 Å². The monoisotopic (exact) mass is 365 g/mol. The fourth-order valence-corrected chi connectivity index (χ4v) is 2.85. The first-order valence-electron chi connectivity index (χ1n) is 6.23. The van der Waals surface area contributed by atoms with E-state index in [0.29, 0.717) is 49.4 Å². The summed E-state index contributed by atoms with van der Waals surface area (Å²) in [7, 11) is 0.483. The minimum Gasteiger partial charge on any atom is -0.398 e. The van der Waals surface area contributed by atoms with E-state index in [4.69, 9.17) is 19.9 Å². The van der Waals surface area contributed by atoms with Crippen LogP contribution in [0.3, 0.4) is 0 Å². The molecule has 0 heterocycles. The zero-order chi connectivity index (χ0) is 14.8. The summed E-state index contributed by atoms with van der Waals surface area (Å²) in [4.78, 5) is 0.646. The van der Waals surface area contributed by atoms with Crippen molar-refractivity contribution in [2.45, 2.75) is 4.90 Å². The molecule has 0 saturated heterocycles. The topological polar surface area (TPSA) is 70.8 Å². The van der Waals surface area contributed by atoms with Crippen LogP contribution in [-0.2, 0) is 25.0 Å². The summed E-state index contributed by atoms with van der Waals surface area (Å²) in [5.74, 6) is 0.421. The molecule has 1 aromatic rings. The van der Waals surface area contributed by atoms with E-state index < -0.39 is 10.8 Å². The molecule has 0 bridgehead atoms. The predicted molar refractivity (Wildman–Crippen MR) is 83.3 cm³/mol. The van der Waals surface area contributed by atoms with Crippen LogP contribution in [0.25, 0.3) is 0 Å². The van der Waals surface area contributed by atoms with Crippen LogP contribution >= 0.6 is 15.9 Å². The van der Waals surface area contributed by atoms with Crippen molar-refractivity contribution < 1.29 is 18.4 Å². The first-order chi connectivity index (χ1) is 9.65. The van der Waals surface area contributed by atoms with Crippen LogP contribution in [0.1, 0.15) is 0 Å². The SMILES string of the molecule is COCCOCCOCCS(=O)c1ccc(Br)cc1N. The highest BCUT2D eigenvalue weighted by Crippen LogP contribution is 2.21. The van der Waals surface area contributed by atoms with Crippen molar-refractivity contribution in [2.75, 3.05) is 51.6 Å². The Kier molecular flexibility index (Phi) is 9.04. The van der Waals surface area contributed by atoms with Gasteiger partial charge in [-0.25, -0.2) is 0 Å². The number of benzene rings is 1. The van der Waals surface area contributed by atoms with Gasteiger partial charge in [0.15, 0.2) is 0 Å². The first kappa shape index (κ1) is 17.6. The summed E-state index contributed by atoms with van der Waals surface area (Å²) in [5, 5.41) is 0. The van der Waals surface area contributed by atoms with E-state index in [-0.39, 0.29) is 0 Å². The van der Waals surface area contributed by atoms with Crippen molar-refractivity contribution in [2.24, 2.45) is 0 Å². The number of methoxy groups -OCH3 is 1. The third-order valence-corrected chi connectivity index (χ3v) is 4.33. The van der Waals surface area contributed by atoms with E-state index in [1.54, 1.807) is 19.2 Å². The molecule has 0 saturated carbocycles. The molecule has 1 aromatic carbocycles. The molecule has 1 atom stereocenters. The van der Waals surface area contributed by atoms with Gasteiger partial charge in [-0.05, 0) is 18.2 Å². The lowest BCUT2D eigenvalue weighted by molar-refractivity contribution is 0.0285. The largest absolute Gasteiger partial charge is 0.398 e. The van der Waals surface area contributed by atoms with Gasteiger partial charge in [0.2, 0.25) is 0 Å². The Bertz CT molecular complexity index is 431. The minimum atomic E-state index is -1.15. The van der Waals surface area contributed by atoms with Crippen molar-refractivity contribution >= 4 is 32.4 Å². The fraction of sp³-hybridized carbons (Fsp3) is 0.538. The average Bonchev–Trinajstić information content (AvgIpc) is 2.41. The Morgan fingerprint density at radius 1 is 1.15 bits per heavy atom. The summed E-state index contributed by atoms with van der Waals surface area (Å²) < 4.78 is 28.4. The number of rotatable bonds is 10. The number of hydrogen-bond acceptors (Lipinski definition) is 5. The summed E-state index contributed by atoms with van der Waals surface area (Å²) in [6, 6.07) is 5.34. The number of nitrogens with two attached hydrogens (primary N) is 1. The molecule has 1 rings (SSSR count). The zero-order valence-corrected chi connectivity index (χ0v) is 13.9. The molecule has 0 aliphatic carbocycles. The lowest BCUT2D eigenvalue weighted by Crippen LogP contribution is -2.12. The fourth-order valence-electron chi connectivity index (χ4n) is 1.44. The smallest absolute Gasteiger partial charge is 0.0701 e. The van der Waals surface area contributed by atoms with Crippen LogP contribution in [0.15, 0.2) is 27.6 Å². The molecule has 114 valence electrons. The third kappa shape index (κ3) is 6.81. The Hall–Kier alpha value is -0.470. The van der Waals surface area contributed by atoms with E-state index in [9.17, 15) is 4.21 Å². The number of hydrogen-bond donors (Lipinski definition) is 1. The molecular formula is C13H20BrNO4S. The van der Waals surface area contributed by atoms with Gasteiger partial charge >= 0.3 is 0 Å². The number of halogens is 1. The van der Waals surface area contributed by atoms with Crippen LogP contribution in [0.5, 0.6) is 0 Å². The molecule has 1 unspecified atom stereocenters. The normalized spacial score (nSPS) is 12.5. The highest BCUT2D eigenvalue weighted by atomic mass is 79.9. The van der Waals surface area contributed by atoms with Gasteiger partial charge in [-0.3, -0.25) is 4.21 Å². The molecule has 0 amide bonds. The number of anilines is 1. The molecule has 5 nitrogen and oxygen atoms in total. The van der Waals surface area contributed by atoms with Crippen molar-refractivity contribution in [3.05, 3.63) is 22.7 Å². The highest BCUT2D eigenvalue weighted by molar-refractivity contribution is 9.10. The maximum Gasteiger partial charge on any atom is 0.0701 e. The van der Waals surface area contributed by atoms with Gasteiger partial charge in [-0.1, -0.05) is 15.9 Å². The van der Waals surface area contributed by atoms with E-state index in [1.807, 2.05) is 6.07 Å². The van der Waals surface area contributed by atoms with E-state index in [2.05, 4.69) is 15.9 Å². The second kappa shape index (κ2) is 10.3. The van der Waals surface area contributed by atoms with E-state index in [1.165, 1.54) is 0 Å². The summed E-state index contributed by atoms with van der Waals surface area (Å²) >= 11 is 3.32. The maximum atomic E-state index is 12.0. The zero-order valence-electron chi connectivity index (χ0n) is 11.5. The van der Waals surface area contributed by atoms with Crippen LogP contribution in [0.2, 0.25) is 0 Å². The van der Waals surface area contributed by atoms with Gasteiger partial charge in [0, 0.05) is 17.3 Å². The molecule has 2 N–H and O–H groups in total. The first-order valence-corrected chi connectivity index (χ1v) is 8.34. The molecular weight excluding hydrogens is 346 g/mol. The van der Waals surface area contributed by atoms with Gasteiger partial charge in [0.25, 0.3) is 0 Å². The summed E-state index contributed by atoms with van der Waals surface area (Å²) in [6.07, 6.45) is 0. The molecule has 0 aliphatic heterocycles. The molecule has 0 radical (unpaired) electrons. The number of nitrogen functional groups attached to an aromatic ring is 1. The Morgan fingerprint density at radius 3 is 2.45 bits per heavy atom.